The maximum Gasteiger partial charge on any atom is 0.273 e. The Morgan fingerprint density at radius 3 is 3.19 bits per heavy atom. The molecule has 0 aromatic carbocycles. The number of nitrogens with zero attached hydrogens (tertiary/aromatic N) is 3. The summed E-state index contributed by atoms with van der Waals surface area (Å²) in [6.45, 7) is 1.95. The Balaban J connectivity index is 1.66. The first-order chi connectivity index (χ1) is 10.2. The van der Waals surface area contributed by atoms with Crippen LogP contribution in [0.4, 0.5) is 0 Å². The van der Waals surface area contributed by atoms with E-state index < -0.39 is 0 Å². The summed E-state index contributed by atoms with van der Waals surface area (Å²) in [5, 5.41) is 10.4. The van der Waals surface area contributed by atoms with Gasteiger partial charge in [0.05, 0.1) is 11.8 Å². The summed E-state index contributed by atoms with van der Waals surface area (Å²) in [6, 6.07) is 0.200. The number of carbonyl (C=O) groups excluding carboxylic acids is 1. The first kappa shape index (κ1) is 13.8. The van der Waals surface area contributed by atoms with Crippen LogP contribution < -0.4 is 10.6 Å². The number of hydrogen-bond acceptors (Lipinski definition) is 5. The molecule has 3 rings (SSSR count). The highest BCUT2D eigenvalue weighted by molar-refractivity contribution is 5.92. The van der Waals surface area contributed by atoms with Gasteiger partial charge >= 0.3 is 0 Å². The zero-order chi connectivity index (χ0) is 14.7. The van der Waals surface area contributed by atoms with Gasteiger partial charge in [-0.25, -0.2) is 4.98 Å². The van der Waals surface area contributed by atoms with E-state index in [2.05, 4.69) is 20.7 Å². The van der Waals surface area contributed by atoms with Gasteiger partial charge in [0.25, 0.3) is 5.91 Å². The quantitative estimate of drug-likeness (QED) is 0.878. The second-order valence-electron chi connectivity index (χ2n) is 5.29. The molecule has 2 aromatic heterocycles. The molecule has 1 aliphatic rings. The van der Waals surface area contributed by atoms with Gasteiger partial charge in [-0.15, -0.1) is 0 Å². The summed E-state index contributed by atoms with van der Waals surface area (Å²) >= 11 is 0. The van der Waals surface area contributed by atoms with Gasteiger partial charge in [-0.2, -0.15) is 5.10 Å². The first-order valence-corrected chi connectivity index (χ1v) is 7.18. The third-order valence-corrected chi connectivity index (χ3v) is 3.60. The number of carbonyl (C=O) groups is 1. The van der Waals surface area contributed by atoms with E-state index in [1.54, 1.807) is 17.1 Å². The topological polar surface area (TPSA) is 85.0 Å². The smallest absolute Gasteiger partial charge is 0.273 e. The third-order valence-electron chi connectivity index (χ3n) is 3.60. The normalized spacial score (nSPS) is 19.2. The number of aromatic nitrogens is 3. The van der Waals surface area contributed by atoms with E-state index in [-0.39, 0.29) is 11.9 Å². The van der Waals surface area contributed by atoms with Gasteiger partial charge in [-0.1, -0.05) is 0 Å². The molecule has 2 aromatic rings. The van der Waals surface area contributed by atoms with E-state index in [1.807, 2.05) is 7.05 Å². The van der Waals surface area contributed by atoms with Crippen molar-refractivity contribution in [1.29, 1.82) is 0 Å². The molecule has 1 aliphatic heterocycles. The molecule has 1 saturated heterocycles. The van der Waals surface area contributed by atoms with Gasteiger partial charge in [0, 0.05) is 19.3 Å². The van der Waals surface area contributed by atoms with E-state index in [1.165, 1.54) is 6.26 Å². The Bertz CT molecular complexity index is 610. The molecule has 0 saturated carbocycles. The minimum atomic E-state index is -0.180. The monoisotopic (exact) mass is 289 g/mol. The predicted octanol–water partition coefficient (Wildman–Crippen LogP) is 0.947. The zero-order valence-corrected chi connectivity index (χ0v) is 12.0. The Morgan fingerprint density at radius 1 is 1.48 bits per heavy atom. The number of amides is 1. The van der Waals surface area contributed by atoms with Crippen LogP contribution >= 0.6 is 0 Å². The molecular weight excluding hydrogens is 270 g/mol. The van der Waals surface area contributed by atoms with Crippen LogP contribution in [0.3, 0.4) is 0 Å². The number of oxazole rings is 1. The minimum absolute atomic E-state index is 0.180. The van der Waals surface area contributed by atoms with Gasteiger partial charge in [0.1, 0.15) is 6.26 Å². The number of aryl methyl sites for hydroxylation is 1. The fourth-order valence-electron chi connectivity index (χ4n) is 2.47. The van der Waals surface area contributed by atoms with E-state index in [9.17, 15) is 4.79 Å². The lowest BCUT2D eigenvalue weighted by Crippen LogP contribution is -2.35. The third kappa shape index (κ3) is 3.30. The van der Waals surface area contributed by atoms with Gasteiger partial charge in [0.2, 0.25) is 5.89 Å². The molecule has 3 heterocycles. The van der Waals surface area contributed by atoms with Crippen molar-refractivity contribution in [2.75, 3.05) is 13.1 Å². The summed E-state index contributed by atoms with van der Waals surface area (Å²) in [7, 11) is 1.82. The molecule has 1 unspecified atom stereocenters. The Labute approximate surface area is 122 Å². The van der Waals surface area contributed by atoms with Gasteiger partial charge < -0.3 is 15.1 Å². The second-order valence-corrected chi connectivity index (χ2v) is 5.29. The Morgan fingerprint density at radius 2 is 2.38 bits per heavy atom. The van der Waals surface area contributed by atoms with Crippen LogP contribution in [0.15, 0.2) is 23.1 Å². The molecule has 0 bridgehead atoms. The maximum absolute atomic E-state index is 12.2. The molecule has 1 amide bonds. The van der Waals surface area contributed by atoms with Crippen LogP contribution in [0.1, 0.15) is 29.8 Å². The average Bonchev–Trinajstić information content (AvgIpc) is 3.04. The van der Waals surface area contributed by atoms with E-state index in [4.69, 9.17) is 4.42 Å². The summed E-state index contributed by atoms with van der Waals surface area (Å²) in [6.07, 6.45) is 7.86. The highest BCUT2D eigenvalue weighted by atomic mass is 16.3. The molecule has 1 atom stereocenters. The first-order valence-electron chi connectivity index (χ1n) is 7.18. The van der Waals surface area contributed by atoms with Crippen LogP contribution in [-0.4, -0.2) is 39.8 Å². The number of rotatable bonds is 3. The van der Waals surface area contributed by atoms with Crippen molar-refractivity contribution in [2.24, 2.45) is 7.05 Å². The lowest BCUT2D eigenvalue weighted by molar-refractivity contribution is 0.0929. The predicted molar refractivity (Wildman–Crippen MR) is 76.7 cm³/mol. The molecule has 7 heteroatoms. The Hall–Kier alpha value is -2.15. The van der Waals surface area contributed by atoms with Crippen LogP contribution in [0.2, 0.25) is 0 Å². The summed E-state index contributed by atoms with van der Waals surface area (Å²) in [5.41, 5.74) is 1.07. The highest BCUT2D eigenvalue weighted by Gasteiger charge is 2.19. The van der Waals surface area contributed by atoms with Crippen molar-refractivity contribution in [3.63, 3.8) is 0 Å². The van der Waals surface area contributed by atoms with Crippen LogP contribution in [0.25, 0.3) is 11.5 Å². The minimum Gasteiger partial charge on any atom is -0.444 e. The fraction of sp³-hybridized carbons (Fsp3) is 0.500. The molecule has 0 radical (unpaired) electrons. The molecule has 1 fully saturated rings. The van der Waals surface area contributed by atoms with E-state index in [0.717, 1.165) is 37.9 Å². The van der Waals surface area contributed by atoms with Crippen molar-refractivity contribution < 1.29 is 9.21 Å². The van der Waals surface area contributed by atoms with Crippen LogP contribution in [0.5, 0.6) is 0 Å². The maximum atomic E-state index is 12.2. The molecule has 7 nitrogen and oxygen atoms in total. The molecular formula is C14H19N5O2. The van der Waals surface area contributed by atoms with E-state index >= 15 is 0 Å². The van der Waals surface area contributed by atoms with Gasteiger partial charge in [0.15, 0.2) is 5.69 Å². The van der Waals surface area contributed by atoms with Crippen molar-refractivity contribution in [3.05, 3.63) is 24.4 Å². The standard InChI is InChI=1S/C14H19N5O2/c1-19-8-10(7-16-19)14-18-12(9-21-14)13(20)17-11-3-2-5-15-6-4-11/h7-9,11,15H,2-6H2,1H3,(H,17,20). The van der Waals surface area contributed by atoms with Crippen LogP contribution in [0, 0.1) is 0 Å². The molecule has 21 heavy (non-hydrogen) atoms. The lowest BCUT2D eigenvalue weighted by atomic mass is 10.1. The van der Waals surface area contributed by atoms with Crippen molar-refractivity contribution in [1.82, 2.24) is 25.4 Å². The van der Waals surface area contributed by atoms with Gasteiger partial charge in [-0.3, -0.25) is 9.48 Å². The molecule has 112 valence electrons. The second kappa shape index (κ2) is 6.09. The molecule has 0 spiro atoms. The van der Waals surface area contributed by atoms with Crippen molar-refractivity contribution in [2.45, 2.75) is 25.3 Å². The zero-order valence-electron chi connectivity index (χ0n) is 12.0. The number of hydrogen-bond donors (Lipinski definition) is 2. The Kier molecular flexibility index (Phi) is 4.01. The SMILES string of the molecule is Cn1cc(-c2nc(C(=O)NC3CCCNCC3)co2)cn1. The molecule has 2 N–H and O–H groups in total. The fourth-order valence-corrected chi connectivity index (χ4v) is 2.47. The lowest BCUT2D eigenvalue weighted by Gasteiger charge is -2.14. The van der Waals surface area contributed by atoms with E-state index in [0.29, 0.717) is 11.6 Å². The summed E-state index contributed by atoms with van der Waals surface area (Å²) < 4.78 is 7.03. The summed E-state index contributed by atoms with van der Waals surface area (Å²) in [5.74, 6) is 0.233. The van der Waals surface area contributed by atoms with Crippen LogP contribution in [-0.2, 0) is 7.05 Å². The van der Waals surface area contributed by atoms with Crippen molar-refractivity contribution >= 4 is 5.91 Å². The average molecular weight is 289 g/mol. The highest BCUT2D eigenvalue weighted by Crippen LogP contribution is 2.17. The largest absolute Gasteiger partial charge is 0.444 e. The summed E-state index contributed by atoms with van der Waals surface area (Å²) in [4.78, 5) is 16.4. The molecule has 0 aliphatic carbocycles. The van der Waals surface area contributed by atoms with Crippen molar-refractivity contribution in [3.8, 4) is 11.5 Å². The van der Waals surface area contributed by atoms with Gasteiger partial charge in [-0.05, 0) is 32.4 Å². The number of nitrogens with one attached hydrogen (secondary N) is 2.